The zero-order valence-electron chi connectivity index (χ0n) is 19.7. The molecule has 1 spiro atoms. The van der Waals surface area contributed by atoms with E-state index in [0.717, 1.165) is 28.6 Å². The summed E-state index contributed by atoms with van der Waals surface area (Å²) in [6, 6.07) is 15.0. The lowest BCUT2D eigenvalue weighted by Gasteiger charge is -2.44. The molecule has 2 aliphatic rings. The van der Waals surface area contributed by atoms with E-state index in [0.29, 0.717) is 31.8 Å². The first-order chi connectivity index (χ1) is 16.9. The van der Waals surface area contributed by atoms with Crippen LogP contribution < -0.4 is 16.4 Å². The highest BCUT2D eigenvalue weighted by Crippen LogP contribution is 2.32. The maximum absolute atomic E-state index is 12.8. The zero-order chi connectivity index (χ0) is 24.6. The van der Waals surface area contributed by atoms with Gasteiger partial charge in [-0.2, -0.15) is 5.26 Å². The Morgan fingerprint density at radius 2 is 2.03 bits per heavy atom. The van der Waals surface area contributed by atoms with Gasteiger partial charge in [0.15, 0.2) is 5.58 Å². The van der Waals surface area contributed by atoms with Crippen molar-refractivity contribution < 1.29 is 18.7 Å². The maximum atomic E-state index is 12.8. The van der Waals surface area contributed by atoms with Crippen LogP contribution in [0.15, 0.2) is 51.7 Å². The standard InChI is InChI=1S/C26H28N4O5/c1-16-26(9-10-34-26)15-33-23(14-28-16)24(31)29-20(13-27)11-17-3-5-18(6-4-17)19-7-8-22-21(12-19)30(2)25(32)35-22/h3-8,12,16,20,23,28H,9-11,14-15H2,1-2H3,(H,29,31)/t16?,20-,23-,26?/m0/s1. The Bertz CT molecular complexity index is 1330. The fourth-order valence-corrected chi connectivity index (χ4v) is 4.65. The van der Waals surface area contributed by atoms with E-state index in [9.17, 15) is 14.9 Å². The van der Waals surface area contributed by atoms with Crippen LogP contribution in [0.5, 0.6) is 0 Å². The molecule has 0 radical (unpaired) electrons. The summed E-state index contributed by atoms with van der Waals surface area (Å²) >= 11 is 0. The Kier molecular flexibility index (Phi) is 6.19. The quantitative estimate of drug-likeness (QED) is 0.577. The van der Waals surface area contributed by atoms with Gasteiger partial charge in [0.2, 0.25) is 0 Å². The first-order valence-corrected chi connectivity index (χ1v) is 11.8. The number of nitriles is 1. The van der Waals surface area contributed by atoms with Gasteiger partial charge in [-0.05, 0) is 35.7 Å². The highest BCUT2D eigenvalue weighted by molar-refractivity contribution is 5.82. The number of aryl methyl sites for hydroxylation is 1. The van der Waals surface area contributed by atoms with E-state index in [2.05, 4.69) is 16.7 Å². The molecular formula is C26H28N4O5. The molecule has 3 heterocycles. The summed E-state index contributed by atoms with van der Waals surface area (Å²) in [7, 11) is 1.67. The van der Waals surface area contributed by atoms with Crippen molar-refractivity contribution in [3.8, 4) is 17.2 Å². The molecule has 5 rings (SSSR count). The molecule has 2 unspecified atom stereocenters. The third kappa shape index (κ3) is 4.48. The number of hydrogen-bond acceptors (Lipinski definition) is 7. The topological polar surface area (TPSA) is 119 Å². The molecule has 2 N–H and O–H groups in total. The predicted molar refractivity (Wildman–Crippen MR) is 129 cm³/mol. The lowest BCUT2D eigenvalue weighted by Crippen LogP contribution is -2.58. The fourth-order valence-electron chi connectivity index (χ4n) is 4.65. The molecule has 2 fully saturated rings. The van der Waals surface area contributed by atoms with Crippen molar-refractivity contribution in [2.24, 2.45) is 7.05 Å². The van der Waals surface area contributed by atoms with E-state index in [1.165, 1.54) is 4.57 Å². The van der Waals surface area contributed by atoms with Gasteiger partial charge in [-0.25, -0.2) is 4.79 Å². The van der Waals surface area contributed by atoms with Crippen molar-refractivity contribution >= 4 is 17.0 Å². The zero-order valence-corrected chi connectivity index (χ0v) is 19.7. The lowest BCUT2D eigenvalue weighted by molar-refractivity contribution is -0.192. The van der Waals surface area contributed by atoms with Gasteiger partial charge in [0.1, 0.15) is 17.7 Å². The van der Waals surface area contributed by atoms with Crippen LogP contribution in [0.1, 0.15) is 18.9 Å². The van der Waals surface area contributed by atoms with Crippen molar-refractivity contribution in [3.05, 3.63) is 58.6 Å². The first-order valence-electron chi connectivity index (χ1n) is 11.8. The molecular weight excluding hydrogens is 448 g/mol. The molecule has 2 aromatic carbocycles. The summed E-state index contributed by atoms with van der Waals surface area (Å²) < 4.78 is 18.3. The molecule has 0 aliphatic carbocycles. The van der Waals surface area contributed by atoms with Crippen LogP contribution >= 0.6 is 0 Å². The van der Waals surface area contributed by atoms with Crippen LogP contribution in [0.3, 0.4) is 0 Å². The minimum Gasteiger partial charge on any atom is -0.408 e. The Balaban J connectivity index is 1.22. The average molecular weight is 477 g/mol. The highest BCUT2D eigenvalue weighted by Gasteiger charge is 2.46. The molecule has 2 saturated heterocycles. The number of oxazole rings is 1. The van der Waals surface area contributed by atoms with Gasteiger partial charge in [-0.15, -0.1) is 0 Å². The lowest BCUT2D eigenvalue weighted by atomic mass is 9.88. The van der Waals surface area contributed by atoms with Gasteiger partial charge >= 0.3 is 5.76 Å². The number of amides is 1. The molecule has 0 bridgehead atoms. The molecule has 182 valence electrons. The van der Waals surface area contributed by atoms with E-state index < -0.39 is 17.9 Å². The number of fused-ring (bicyclic) bond motifs is 1. The second-order valence-electron chi connectivity index (χ2n) is 9.29. The van der Waals surface area contributed by atoms with Crippen LogP contribution in [0.4, 0.5) is 0 Å². The summed E-state index contributed by atoms with van der Waals surface area (Å²) in [5.41, 5.74) is 3.76. The van der Waals surface area contributed by atoms with Crippen molar-refractivity contribution in [1.29, 1.82) is 5.26 Å². The molecule has 1 aromatic heterocycles. The second-order valence-corrected chi connectivity index (χ2v) is 9.29. The molecule has 35 heavy (non-hydrogen) atoms. The Hall–Kier alpha value is -3.45. The monoisotopic (exact) mass is 476 g/mol. The van der Waals surface area contributed by atoms with Crippen LogP contribution in [0, 0.1) is 11.3 Å². The third-order valence-corrected chi connectivity index (χ3v) is 7.13. The maximum Gasteiger partial charge on any atom is 0.419 e. The smallest absolute Gasteiger partial charge is 0.408 e. The largest absolute Gasteiger partial charge is 0.419 e. The SMILES string of the molecule is CC1NC[C@@H](C(=O)N[C@H](C#N)Cc2ccc(-c3ccc4oc(=O)n(C)c4c3)cc2)OCC12CCO2. The highest BCUT2D eigenvalue weighted by atomic mass is 16.6. The summed E-state index contributed by atoms with van der Waals surface area (Å²) in [6.45, 7) is 3.48. The Morgan fingerprint density at radius 3 is 2.71 bits per heavy atom. The van der Waals surface area contributed by atoms with E-state index >= 15 is 0 Å². The van der Waals surface area contributed by atoms with Crippen LogP contribution in [-0.4, -0.2) is 54.0 Å². The van der Waals surface area contributed by atoms with Crippen molar-refractivity contribution in [2.45, 2.75) is 43.6 Å². The molecule has 3 aromatic rings. The number of rotatable bonds is 5. The van der Waals surface area contributed by atoms with Gasteiger partial charge in [0.05, 0.1) is 24.8 Å². The molecule has 2 aliphatic heterocycles. The molecule has 9 nitrogen and oxygen atoms in total. The van der Waals surface area contributed by atoms with Crippen molar-refractivity contribution in [2.75, 3.05) is 19.8 Å². The van der Waals surface area contributed by atoms with Gasteiger partial charge in [0, 0.05) is 32.5 Å². The van der Waals surface area contributed by atoms with Crippen molar-refractivity contribution in [1.82, 2.24) is 15.2 Å². The van der Waals surface area contributed by atoms with E-state index in [1.807, 2.05) is 43.3 Å². The minimum absolute atomic E-state index is 0.0958. The van der Waals surface area contributed by atoms with E-state index in [4.69, 9.17) is 13.9 Å². The normalized spacial score (nSPS) is 24.9. The second kappa shape index (κ2) is 9.30. The van der Waals surface area contributed by atoms with Gasteiger partial charge < -0.3 is 24.5 Å². The number of ether oxygens (including phenoxy) is 2. The minimum atomic E-state index is -0.677. The summed E-state index contributed by atoms with van der Waals surface area (Å²) in [5, 5.41) is 15.8. The third-order valence-electron chi connectivity index (χ3n) is 7.13. The van der Waals surface area contributed by atoms with E-state index in [1.54, 1.807) is 13.1 Å². The van der Waals surface area contributed by atoms with Crippen molar-refractivity contribution in [3.63, 3.8) is 0 Å². The summed E-state index contributed by atoms with van der Waals surface area (Å²) in [6.07, 6.45) is 0.606. The number of carbonyl (C=O) groups excluding carboxylic acids is 1. The number of benzene rings is 2. The van der Waals surface area contributed by atoms with Crippen LogP contribution in [0.2, 0.25) is 0 Å². The summed E-state index contributed by atoms with van der Waals surface area (Å²) in [4.78, 5) is 24.5. The number of aromatic nitrogens is 1. The van der Waals surface area contributed by atoms with Crippen LogP contribution in [-0.2, 0) is 27.7 Å². The van der Waals surface area contributed by atoms with Gasteiger partial charge in [-0.1, -0.05) is 30.3 Å². The molecule has 4 atom stereocenters. The van der Waals surface area contributed by atoms with Crippen LogP contribution in [0.25, 0.3) is 22.2 Å². The fraction of sp³-hybridized carbons (Fsp3) is 0.423. The predicted octanol–water partition coefficient (Wildman–Crippen LogP) is 1.89. The Labute approximate surface area is 202 Å². The molecule has 0 saturated carbocycles. The average Bonchev–Trinajstić information content (AvgIpc) is 3.00. The first kappa shape index (κ1) is 23.3. The number of nitrogens with one attached hydrogen (secondary N) is 2. The molecule has 9 heteroatoms. The Morgan fingerprint density at radius 1 is 1.29 bits per heavy atom. The number of nitrogens with zero attached hydrogens (tertiary/aromatic N) is 2. The van der Waals surface area contributed by atoms with Gasteiger partial charge in [0.25, 0.3) is 5.91 Å². The van der Waals surface area contributed by atoms with E-state index in [-0.39, 0.29) is 17.6 Å². The number of hydrogen-bond donors (Lipinski definition) is 2. The summed E-state index contributed by atoms with van der Waals surface area (Å²) in [5.74, 6) is -0.698. The number of carbonyl (C=O) groups is 1. The molecule has 1 amide bonds. The van der Waals surface area contributed by atoms with Gasteiger partial charge in [-0.3, -0.25) is 9.36 Å².